The van der Waals surface area contributed by atoms with E-state index in [0.29, 0.717) is 50.9 Å². The standard InChI is InChI=1S/C15H26N2O3/c1-12(2)9-14(18)16-4-6-17(7-5-16)15(19)10-13-3-8-20-11-13/h12-13H,3-11H2,1-2H3/t13-/m1/s1. The summed E-state index contributed by atoms with van der Waals surface area (Å²) < 4.78 is 5.31. The molecule has 2 amide bonds. The number of hydrogen-bond acceptors (Lipinski definition) is 3. The van der Waals surface area contributed by atoms with Crippen LogP contribution in [0, 0.1) is 11.8 Å². The first-order chi connectivity index (χ1) is 9.56. The van der Waals surface area contributed by atoms with E-state index in [4.69, 9.17) is 4.74 Å². The fourth-order valence-electron chi connectivity index (χ4n) is 2.80. The van der Waals surface area contributed by atoms with Crippen molar-refractivity contribution in [1.29, 1.82) is 0 Å². The lowest BCUT2D eigenvalue weighted by Crippen LogP contribution is -2.51. The van der Waals surface area contributed by atoms with E-state index < -0.39 is 0 Å². The van der Waals surface area contributed by atoms with Crippen LogP contribution in [-0.4, -0.2) is 61.0 Å². The third-order valence-corrected chi connectivity index (χ3v) is 4.06. The summed E-state index contributed by atoms with van der Waals surface area (Å²) in [6.07, 6.45) is 2.20. The van der Waals surface area contributed by atoms with Gasteiger partial charge in [-0.15, -0.1) is 0 Å². The van der Waals surface area contributed by atoms with Crippen molar-refractivity contribution in [2.24, 2.45) is 11.8 Å². The van der Waals surface area contributed by atoms with Crippen LogP contribution in [0.4, 0.5) is 0 Å². The van der Waals surface area contributed by atoms with Crippen molar-refractivity contribution in [2.75, 3.05) is 39.4 Å². The lowest BCUT2D eigenvalue weighted by atomic mass is 10.0. The maximum Gasteiger partial charge on any atom is 0.223 e. The van der Waals surface area contributed by atoms with Gasteiger partial charge in [-0.1, -0.05) is 13.8 Å². The van der Waals surface area contributed by atoms with Gasteiger partial charge in [-0.3, -0.25) is 9.59 Å². The van der Waals surface area contributed by atoms with Crippen LogP contribution in [0.25, 0.3) is 0 Å². The van der Waals surface area contributed by atoms with Crippen molar-refractivity contribution in [3.63, 3.8) is 0 Å². The van der Waals surface area contributed by atoms with Gasteiger partial charge in [-0.05, 0) is 18.3 Å². The minimum Gasteiger partial charge on any atom is -0.381 e. The van der Waals surface area contributed by atoms with Crippen molar-refractivity contribution in [3.05, 3.63) is 0 Å². The molecule has 0 spiro atoms. The Morgan fingerprint density at radius 1 is 1.10 bits per heavy atom. The number of ether oxygens (including phenoxy) is 1. The molecule has 2 aliphatic rings. The van der Waals surface area contributed by atoms with Gasteiger partial charge < -0.3 is 14.5 Å². The fourth-order valence-corrected chi connectivity index (χ4v) is 2.80. The number of piperazine rings is 1. The van der Waals surface area contributed by atoms with Crippen molar-refractivity contribution in [2.45, 2.75) is 33.1 Å². The molecule has 0 aromatic heterocycles. The molecule has 0 radical (unpaired) electrons. The zero-order valence-corrected chi connectivity index (χ0v) is 12.6. The third kappa shape index (κ3) is 4.20. The van der Waals surface area contributed by atoms with Crippen molar-refractivity contribution >= 4 is 11.8 Å². The molecule has 5 nitrogen and oxygen atoms in total. The monoisotopic (exact) mass is 282 g/mol. The molecule has 1 atom stereocenters. The molecule has 0 unspecified atom stereocenters. The smallest absolute Gasteiger partial charge is 0.223 e. The first kappa shape index (κ1) is 15.3. The summed E-state index contributed by atoms with van der Waals surface area (Å²) in [6.45, 7) is 8.33. The predicted molar refractivity (Wildman–Crippen MR) is 76.2 cm³/mol. The summed E-state index contributed by atoms with van der Waals surface area (Å²) in [5, 5.41) is 0. The second-order valence-electron chi connectivity index (χ2n) is 6.29. The molecule has 0 aromatic rings. The molecular formula is C15H26N2O3. The van der Waals surface area contributed by atoms with Crippen LogP contribution in [0.2, 0.25) is 0 Å². The van der Waals surface area contributed by atoms with Gasteiger partial charge in [0.05, 0.1) is 0 Å². The van der Waals surface area contributed by atoms with Gasteiger partial charge in [0.15, 0.2) is 0 Å². The van der Waals surface area contributed by atoms with Crippen molar-refractivity contribution in [3.8, 4) is 0 Å². The summed E-state index contributed by atoms with van der Waals surface area (Å²) in [4.78, 5) is 27.9. The lowest BCUT2D eigenvalue weighted by Gasteiger charge is -2.35. The molecule has 2 heterocycles. The Balaban J connectivity index is 1.73. The largest absolute Gasteiger partial charge is 0.381 e. The Kier molecular flexibility index (Phi) is 5.40. The number of carbonyl (C=O) groups excluding carboxylic acids is 2. The normalized spacial score (nSPS) is 23.4. The van der Waals surface area contributed by atoms with Gasteiger partial charge in [-0.25, -0.2) is 0 Å². The summed E-state index contributed by atoms with van der Waals surface area (Å²) in [5.74, 6) is 1.22. The van der Waals surface area contributed by atoms with E-state index >= 15 is 0 Å². The highest BCUT2D eigenvalue weighted by Gasteiger charge is 2.27. The van der Waals surface area contributed by atoms with Crippen LogP contribution in [0.1, 0.15) is 33.1 Å². The number of hydrogen-bond donors (Lipinski definition) is 0. The molecule has 2 aliphatic heterocycles. The maximum absolute atomic E-state index is 12.2. The molecule has 0 aromatic carbocycles. The molecule has 0 N–H and O–H groups in total. The van der Waals surface area contributed by atoms with Crippen LogP contribution >= 0.6 is 0 Å². The second kappa shape index (κ2) is 7.07. The van der Waals surface area contributed by atoms with Gasteiger partial charge in [0.25, 0.3) is 0 Å². The number of amides is 2. The van der Waals surface area contributed by atoms with Gasteiger partial charge in [-0.2, -0.15) is 0 Å². The highest BCUT2D eigenvalue weighted by atomic mass is 16.5. The maximum atomic E-state index is 12.2. The zero-order valence-electron chi connectivity index (χ0n) is 12.6. The molecule has 0 bridgehead atoms. The van der Waals surface area contributed by atoms with E-state index in [1.807, 2.05) is 9.80 Å². The van der Waals surface area contributed by atoms with Crippen LogP contribution in [-0.2, 0) is 14.3 Å². The quantitative estimate of drug-likeness (QED) is 0.776. The number of nitrogens with zero attached hydrogens (tertiary/aromatic N) is 2. The highest BCUT2D eigenvalue weighted by molar-refractivity contribution is 5.78. The van der Waals surface area contributed by atoms with Crippen molar-refractivity contribution in [1.82, 2.24) is 9.80 Å². The second-order valence-corrected chi connectivity index (χ2v) is 6.29. The van der Waals surface area contributed by atoms with Crippen LogP contribution in [0.3, 0.4) is 0 Å². The fraction of sp³-hybridized carbons (Fsp3) is 0.867. The SMILES string of the molecule is CC(C)CC(=O)N1CCN(C(=O)C[C@H]2CCOC2)CC1. The van der Waals surface area contributed by atoms with Gasteiger partial charge in [0.2, 0.25) is 11.8 Å². The summed E-state index contributed by atoms with van der Waals surface area (Å²) in [5.41, 5.74) is 0. The summed E-state index contributed by atoms with van der Waals surface area (Å²) >= 11 is 0. The Hall–Kier alpha value is -1.10. The van der Waals surface area contributed by atoms with Gasteiger partial charge in [0, 0.05) is 52.2 Å². The molecule has 2 fully saturated rings. The zero-order chi connectivity index (χ0) is 14.5. The minimum absolute atomic E-state index is 0.219. The van der Waals surface area contributed by atoms with Crippen LogP contribution < -0.4 is 0 Å². The molecule has 0 aliphatic carbocycles. The van der Waals surface area contributed by atoms with Crippen LogP contribution in [0.15, 0.2) is 0 Å². The van der Waals surface area contributed by atoms with Crippen molar-refractivity contribution < 1.29 is 14.3 Å². The van der Waals surface area contributed by atoms with Crippen LogP contribution in [0.5, 0.6) is 0 Å². The first-order valence-corrected chi connectivity index (χ1v) is 7.69. The molecule has 2 saturated heterocycles. The molecule has 114 valence electrons. The average Bonchev–Trinajstić information content (AvgIpc) is 2.91. The molecule has 20 heavy (non-hydrogen) atoms. The predicted octanol–water partition coefficient (Wildman–Crippen LogP) is 1.13. The van der Waals surface area contributed by atoms with E-state index in [0.717, 1.165) is 19.6 Å². The van der Waals surface area contributed by atoms with E-state index in [-0.39, 0.29) is 11.8 Å². The Labute approximate surface area is 121 Å². The van der Waals surface area contributed by atoms with E-state index in [9.17, 15) is 9.59 Å². The van der Waals surface area contributed by atoms with Gasteiger partial charge >= 0.3 is 0 Å². The highest BCUT2D eigenvalue weighted by Crippen LogP contribution is 2.18. The first-order valence-electron chi connectivity index (χ1n) is 7.69. The average molecular weight is 282 g/mol. The molecule has 2 rings (SSSR count). The number of rotatable bonds is 4. The lowest BCUT2D eigenvalue weighted by molar-refractivity contribution is -0.140. The Bertz CT molecular complexity index is 343. The van der Waals surface area contributed by atoms with E-state index in [1.165, 1.54) is 0 Å². The third-order valence-electron chi connectivity index (χ3n) is 4.06. The Morgan fingerprint density at radius 3 is 2.20 bits per heavy atom. The van der Waals surface area contributed by atoms with E-state index in [1.54, 1.807) is 0 Å². The van der Waals surface area contributed by atoms with E-state index in [2.05, 4.69) is 13.8 Å². The van der Waals surface area contributed by atoms with Gasteiger partial charge in [0.1, 0.15) is 0 Å². The summed E-state index contributed by atoms with van der Waals surface area (Å²) in [7, 11) is 0. The minimum atomic E-state index is 0.219. The molecule has 5 heteroatoms. The molecular weight excluding hydrogens is 256 g/mol. The number of carbonyl (C=O) groups is 2. The Morgan fingerprint density at radius 2 is 1.70 bits per heavy atom. The molecule has 0 saturated carbocycles. The topological polar surface area (TPSA) is 49.9 Å². The summed E-state index contributed by atoms with van der Waals surface area (Å²) in [6, 6.07) is 0.